The highest BCUT2D eigenvalue weighted by atomic mass is 35.5. The molecule has 3 rings (SSSR count). The number of carbonyl (C=O) groups excluding carboxylic acids is 1. The summed E-state index contributed by atoms with van der Waals surface area (Å²) in [5.41, 5.74) is 0.499. The van der Waals surface area contributed by atoms with Crippen LogP contribution in [0.4, 0.5) is 5.69 Å². The van der Waals surface area contributed by atoms with Gasteiger partial charge in [0.25, 0.3) is 11.6 Å². The second-order valence-corrected chi connectivity index (χ2v) is 6.89. The lowest BCUT2D eigenvalue weighted by Gasteiger charge is -2.32. The number of nitro benzene ring substituents is 1. The molecule has 27 heavy (non-hydrogen) atoms. The van der Waals surface area contributed by atoms with Gasteiger partial charge in [-0.2, -0.15) is 0 Å². The van der Waals surface area contributed by atoms with Crippen molar-refractivity contribution in [3.05, 3.63) is 74.3 Å². The number of non-ortho nitro benzene ring substituents is 1. The van der Waals surface area contributed by atoms with Crippen LogP contribution in [0.1, 0.15) is 45.0 Å². The van der Waals surface area contributed by atoms with E-state index in [2.05, 4.69) is 0 Å². The zero-order valence-electron chi connectivity index (χ0n) is 14.3. The van der Waals surface area contributed by atoms with E-state index >= 15 is 0 Å². The van der Waals surface area contributed by atoms with Crippen molar-refractivity contribution in [2.45, 2.75) is 18.8 Å². The fourth-order valence-corrected chi connectivity index (χ4v) is 3.42. The molecule has 0 saturated carbocycles. The van der Waals surface area contributed by atoms with Gasteiger partial charge in [-0.05, 0) is 42.5 Å². The molecule has 1 aliphatic rings. The van der Waals surface area contributed by atoms with Crippen LogP contribution < -0.4 is 0 Å². The molecule has 1 heterocycles. The van der Waals surface area contributed by atoms with Gasteiger partial charge in [-0.25, -0.2) is 4.79 Å². The summed E-state index contributed by atoms with van der Waals surface area (Å²) in [5, 5.41) is 20.8. The standard InChI is InChI=1S/C19H17ClN2O5/c20-16-3-1-12(2-4-16)13-5-7-21(8-6-13)18(23)14-9-15(19(24)25)11-17(10-14)22(26)27/h1-4,9-11,13H,5-8H2,(H,24,25). The maximum atomic E-state index is 12.7. The van der Waals surface area contributed by atoms with E-state index in [0.29, 0.717) is 24.0 Å². The first-order chi connectivity index (χ1) is 12.8. The van der Waals surface area contributed by atoms with Crippen molar-refractivity contribution < 1.29 is 19.6 Å². The summed E-state index contributed by atoms with van der Waals surface area (Å²) >= 11 is 5.91. The topological polar surface area (TPSA) is 101 Å². The van der Waals surface area contributed by atoms with Gasteiger partial charge in [0.15, 0.2) is 0 Å². The van der Waals surface area contributed by atoms with Gasteiger partial charge in [0.1, 0.15) is 0 Å². The number of amides is 1. The number of carboxylic acids is 1. The molecule has 2 aromatic carbocycles. The number of likely N-dealkylation sites (tertiary alicyclic amines) is 1. The van der Waals surface area contributed by atoms with Gasteiger partial charge in [-0.15, -0.1) is 0 Å². The number of piperidine rings is 1. The fourth-order valence-electron chi connectivity index (χ4n) is 3.30. The molecule has 1 N–H and O–H groups in total. The highest BCUT2D eigenvalue weighted by Gasteiger charge is 2.26. The van der Waals surface area contributed by atoms with Gasteiger partial charge in [0.05, 0.1) is 10.5 Å². The second kappa shape index (κ2) is 7.75. The minimum absolute atomic E-state index is 0.0199. The minimum Gasteiger partial charge on any atom is -0.478 e. The van der Waals surface area contributed by atoms with Gasteiger partial charge in [0, 0.05) is 35.8 Å². The molecule has 0 radical (unpaired) electrons. The maximum Gasteiger partial charge on any atom is 0.335 e. The molecule has 140 valence electrons. The number of nitro groups is 1. The lowest BCUT2D eigenvalue weighted by molar-refractivity contribution is -0.384. The zero-order chi connectivity index (χ0) is 19.6. The summed E-state index contributed by atoms with van der Waals surface area (Å²) in [5.74, 6) is -1.39. The predicted molar refractivity (Wildman–Crippen MR) is 99.4 cm³/mol. The quantitative estimate of drug-likeness (QED) is 0.630. The molecule has 8 heteroatoms. The largest absolute Gasteiger partial charge is 0.478 e. The Morgan fingerprint density at radius 2 is 1.67 bits per heavy atom. The summed E-state index contributed by atoms with van der Waals surface area (Å²) in [7, 11) is 0. The highest BCUT2D eigenvalue weighted by molar-refractivity contribution is 6.30. The molecule has 1 amide bonds. The van der Waals surface area contributed by atoms with Gasteiger partial charge in [-0.3, -0.25) is 14.9 Å². The van der Waals surface area contributed by atoms with Gasteiger partial charge >= 0.3 is 5.97 Å². The molecule has 1 fully saturated rings. The van der Waals surface area contributed by atoms with Crippen LogP contribution in [0.15, 0.2) is 42.5 Å². The van der Waals surface area contributed by atoms with Crippen molar-refractivity contribution in [2.75, 3.05) is 13.1 Å². The normalized spacial score (nSPS) is 14.8. The van der Waals surface area contributed by atoms with Gasteiger partial charge in [-0.1, -0.05) is 23.7 Å². The zero-order valence-corrected chi connectivity index (χ0v) is 15.1. The van der Waals surface area contributed by atoms with E-state index in [9.17, 15) is 19.7 Å². The fraction of sp³-hybridized carbons (Fsp3) is 0.263. The Kier molecular flexibility index (Phi) is 5.41. The molecule has 1 saturated heterocycles. The van der Waals surface area contributed by atoms with Crippen molar-refractivity contribution in [2.24, 2.45) is 0 Å². The number of nitrogens with zero attached hydrogens (tertiary/aromatic N) is 2. The molecule has 7 nitrogen and oxygen atoms in total. The number of hydrogen-bond donors (Lipinski definition) is 1. The molecule has 0 aromatic heterocycles. The van der Waals surface area contributed by atoms with Crippen molar-refractivity contribution in [1.82, 2.24) is 4.90 Å². The van der Waals surface area contributed by atoms with Gasteiger partial charge in [0.2, 0.25) is 0 Å². The monoisotopic (exact) mass is 388 g/mol. The van der Waals surface area contributed by atoms with E-state index in [1.807, 2.05) is 24.3 Å². The van der Waals surface area contributed by atoms with Crippen LogP contribution in [-0.4, -0.2) is 39.9 Å². The molecular formula is C19H17ClN2O5. The lowest BCUT2D eigenvalue weighted by atomic mass is 9.89. The predicted octanol–water partition coefficient (Wildman–Crippen LogP) is 3.97. The third kappa shape index (κ3) is 4.25. The number of carboxylic acid groups (broad SMARTS) is 1. The molecule has 0 aliphatic carbocycles. The first-order valence-corrected chi connectivity index (χ1v) is 8.80. The van der Waals surface area contributed by atoms with Crippen molar-refractivity contribution in [3.63, 3.8) is 0 Å². The third-order valence-corrected chi connectivity index (χ3v) is 5.00. The summed E-state index contributed by atoms with van der Waals surface area (Å²) < 4.78 is 0. The number of carbonyl (C=O) groups is 2. The van der Waals surface area contributed by atoms with E-state index in [4.69, 9.17) is 16.7 Å². The Labute approximate surface area is 160 Å². The first-order valence-electron chi connectivity index (χ1n) is 8.42. The number of aromatic carboxylic acids is 1. The summed E-state index contributed by atoms with van der Waals surface area (Å²) in [6.45, 7) is 0.994. The molecule has 0 spiro atoms. The minimum atomic E-state index is -1.31. The summed E-state index contributed by atoms with van der Waals surface area (Å²) in [6, 6.07) is 10.9. The van der Waals surface area contributed by atoms with E-state index in [1.165, 1.54) is 6.07 Å². The summed E-state index contributed by atoms with van der Waals surface area (Å²) in [4.78, 5) is 35.9. The number of hydrogen-bond acceptors (Lipinski definition) is 4. The van der Waals surface area contributed by atoms with E-state index in [-0.39, 0.29) is 11.1 Å². The Morgan fingerprint density at radius 3 is 2.22 bits per heavy atom. The average Bonchev–Trinajstić information content (AvgIpc) is 2.67. The smallest absolute Gasteiger partial charge is 0.335 e. The SMILES string of the molecule is O=C(O)c1cc(C(=O)N2CCC(c3ccc(Cl)cc3)CC2)cc([N+](=O)[O-])c1. The first kappa shape index (κ1) is 18.8. The summed E-state index contributed by atoms with van der Waals surface area (Å²) in [6.07, 6.45) is 1.52. The van der Waals surface area contributed by atoms with E-state index in [0.717, 1.165) is 30.5 Å². The molecule has 2 aromatic rings. The number of halogens is 1. The Morgan fingerprint density at radius 1 is 1.07 bits per heavy atom. The molecule has 1 aliphatic heterocycles. The van der Waals surface area contributed by atoms with Crippen molar-refractivity contribution in [1.29, 1.82) is 0 Å². The van der Waals surface area contributed by atoms with Crippen molar-refractivity contribution >= 4 is 29.2 Å². The van der Waals surface area contributed by atoms with Crippen LogP contribution in [0.5, 0.6) is 0 Å². The molecule has 0 bridgehead atoms. The Hall–Kier alpha value is -2.93. The van der Waals surface area contributed by atoms with Crippen LogP contribution in [0.25, 0.3) is 0 Å². The van der Waals surface area contributed by atoms with Crippen molar-refractivity contribution in [3.8, 4) is 0 Å². The van der Waals surface area contributed by atoms with E-state index in [1.54, 1.807) is 4.90 Å². The van der Waals surface area contributed by atoms with Crippen LogP contribution in [-0.2, 0) is 0 Å². The van der Waals surface area contributed by atoms with Crippen LogP contribution >= 0.6 is 11.6 Å². The van der Waals surface area contributed by atoms with E-state index < -0.39 is 22.5 Å². The number of rotatable bonds is 4. The lowest BCUT2D eigenvalue weighted by Crippen LogP contribution is -2.38. The highest BCUT2D eigenvalue weighted by Crippen LogP contribution is 2.30. The second-order valence-electron chi connectivity index (χ2n) is 6.45. The Balaban J connectivity index is 1.74. The third-order valence-electron chi connectivity index (χ3n) is 4.75. The van der Waals surface area contributed by atoms with Crippen LogP contribution in [0, 0.1) is 10.1 Å². The van der Waals surface area contributed by atoms with Crippen LogP contribution in [0.3, 0.4) is 0 Å². The average molecular weight is 389 g/mol. The van der Waals surface area contributed by atoms with Gasteiger partial charge < -0.3 is 10.0 Å². The Bertz CT molecular complexity index is 857. The number of benzene rings is 2. The molecule has 0 atom stereocenters. The maximum absolute atomic E-state index is 12.7. The molecular weight excluding hydrogens is 372 g/mol. The van der Waals surface area contributed by atoms with Crippen LogP contribution in [0.2, 0.25) is 5.02 Å². The molecule has 0 unspecified atom stereocenters.